The highest BCUT2D eigenvalue weighted by Gasteiger charge is 2.36. The van der Waals surface area contributed by atoms with E-state index in [4.69, 9.17) is 32.1 Å². The highest BCUT2D eigenvalue weighted by molar-refractivity contribution is 7.87. The van der Waals surface area contributed by atoms with Crippen molar-refractivity contribution in [3.05, 3.63) is 81.3 Å². The molecule has 0 aliphatic carbocycles. The van der Waals surface area contributed by atoms with E-state index in [0.717, 1.165) is 17.2 Å². The van der Waals surface area contributed by atoms with Crippen molar-refractivity contribution >= 4 is 66.5 Å². The molecule has 182 valence electrons. The summed E-state index contributed by atoms with van der Waals surface area (Å²) in [5, 5.41) is 4.20. The van der Waals surface area contributed by atoms with Gasteiger partial charge in [0.05, 0.1) is 12.0 Å². The number of carbonyl (C=O) groups excluding carboxylic acids is 1. The van der Waals surface area contributed by atoms with Crippen LogP contribution in [0.2, 0.25) is 10.2 Å². The largest absolute Gasteiger partial charge is 0.457 e. The highest BCUT2D eigenvalue weighted by Crippen LogP contribution is 2.35. The van der Waals surface area contributed by atoms with Gasteiger partial charge in [-0.3, -0.25) is 8.98 Å². The smallest absolute Gasteiger partial charge is 0.276 e. The summed E-state index contributed by atoms with van der Waals surface area (Å²) >= 11 is 13.3. The Labute approximate surface area is 216 Å². The zero-order chi connectivity index (χ0) is 25.4. The quantitative estimate of drug-likeness (QED) is 0.199. The van der Waals surface area contributed by atoms with Gasteiger partial charge in [0.15, 0.2) is 0 Å². The Bertz CT molecular complexity index is 1520. The maximum atomic E-state index is 12.9. The van der Waals surface area contributed by atoms with E-state index in [9.17, 15) is 13.2 Å². The number of rotatable bonds is 7. The number of pyridine rings is 1. The predicted molar refractivity (Wildman–Crippen MR) is 140 cm³/mol. The summed E-state index contributed by atoms with van der Waals surface area (Å²) in [6.45, 7) is 3.14. The zero-order valence-corrected chi connectivity index (χ0v) is 22.0. The molecule has 11 heteroatoms. The molecule has 0 radical (unpaired) electrons. The predicted octanol–water partition coefficient (Wildman–Crippen LogP) is 6.86. The number of anilines is 1. The normalized spacial score (nSPS) is 12.0. The molecule has 2 aromatic heterocycles. The van der Waals surface area contributed by atoms with Gasteiger partial charge in [0.25, 0.3) is 16.0 Å². The molecule has 0 aliphatic heterocycles. The van der Waals surface area contributed by atoms with Gasteiger partial charge < -0.3 is 10.1 Å². The van der Waals surface area contributed by atoms with Gasteiger partial charge in [-0.15, -0.1) is 11.3 Å². The van der Waals surface area contributed by atoms with E-state index < -0.39 is 14.9 Å². The van der Waals surface area contributed by atoms with E-state index in [2.05, 4.69) is 10.3 Å². The lowest BCUT2D eigenvalue weighted by molar-refractivity contribution is 0.103. The summed E-state index contributed by atoms with van der Waals surface area (Å²) in [5.74, 6) is 0.776. The fourth-order valence-electron chi connectivity index (χ4n) is 3.30. The molecule has 1 N–H and O–H groups in total. The molecule has 0 saturated carbocycles. The first-order valence-corrected chi connectivity index (χ1v) is 13.2. The van der Waals surface area contributed by atoms with E-state index in [0.29, 0.717) is 27.0 Å². The van der Waals surface area contributed by atoms with Crippen LogP contribution in [-0.4, -0.2) is 26.4 Å². The number of benzene rings is 2. The number of thiophene rings is 1. The molecule has 35 heavy (non-hydrogen) atoms. The number of hydrogen-bond donors (Lipinski definition) is 1. The first kappa shape index (κ1) is 25.4. The summed E-state index contributed by atoms with van der Waals surface area (Å²) in [6, 6.07) is 16.8. The number of fused-ring (bicyclic) bond motifs is 1. The van der Waals surface area contributed by atoms with Crippen molar-refractivity contribution < 1.29 is 22.1 Å². The molecule has 0 saturated heterocycles. The maximum Gasteiger partial charge on any atom is 0.276 e. The number of ether oxygens (including phenoxy) is 1. The topological polar surface area (TPSA) is 94.6 Å². The third-order valence-corrected chi connectivity index (χ3v) is 8.82. The highest BCUT2D eigenvalue weighted by atomic mass is 35.5. The van der Waals surface area contributed by atoms with Crippen LogP contribution in [0.5, 0.6) is 11.5 Å². The molecule has 2 heterocycles. The second kappa shape index (κ2) is 9.75. The number of carbonyl (C=O) groups is 1. The monoisotopic (exact) mass is 550 g/mol. The summed E-state index contributed by atoms with van der Waals surface area (Å²) in [6.07, 6.45) is 0. The van der Waals surface area contributed by atoms with E-state index in [1.54, 1.807) is 68.4 Å². The van der Waals surface area contributed by atoms with Crippen molar-refractivity contribution in [3.8, 4) is 11.5 Å². The molecule has 7 nitrogen and oxygen atoms in total. The van der Waals surface area contributed by atoms with Gasteiger partial charge in [0.1, 0.15) is 27.2 Å². The summed E-state index contributed by atoms with van der Waals surface area (Å²) in [4.78, 5) is 17.5. The molecule has 4 rings (SSSR count). The molecule has 0 aliphatic rings. The number of nitrogens with zero attached hydrogens (tertiary/aromatic N) is 1. The number of amides is 1. The van der Waals surface area contributed by atoms with Gasteiger partial charge in [-0.25, -0.2) is 4.98 Å². The van der Waals surface area contributed by atoms with Crippen LogP contribution in [-0.2, 0) is 19.0 Å². The summed E-state index contributed by atoms with van der Waals surface area (Å²) in [5.41, 5.74) is 0.553. The molecule has 0 atom stereocenters. The molecule has 4 aromatic rings. The Morgan fingerprint density at radius 3 is 2.40 bits per heavy atom. The lowest BCUT2D eigenvalue weighted by atomic mass is 10.0. The lowest BCUT2D eigenvalue weighted by Crippen LogP contribution is -2.30. The van der Waals surface area contributed by atoms with Gasteiger partial charge in [-0.2, -0.15) is 8.42 Å². The minimum Gasteiger partial charge on any atom is -0.457 e. The third kappa shape index (κ3) is 5.44. The van der Waals surface area contributed by atoms with Crippen molar-refractivity contribution in [3.63, 3.8) is 0 Å². The Morgan fingerprint density at radius 2 is 1.71 bits per heavy atom. The maximum absolute atomic E-state index is 12.9. The minimum absolute atomic E-state index is 0.148. The van der Waals surface area contributed by atoms with Crippen LogP contribution in [0, 0.1) is 0 Å². The fourth-order valence-corrected chi connectivity index (χ4v) is 5.39. The van der Waals surface area contributed by atoms with Gasteiger partial charge >= 0.3 is 0 Å². The second-order valence-electron chi connectivity index (χ2n) is 8.02. The standard InChI is InChI=1S/C24H20Cl2N2O5S2/c1-24(2,35(30,31)32-3)15-4-9-19-14(10-15)11-20(34-19)23(29)28-22-13-18(12-21(26)27-22)33-17-7-5-16(25)6-8-17/h4-13H,1-3H3,(H,27,28,29). The molecule has 0 spiro atoms. The van der Waals surface area contributed by atoms with Crippen LogP contribution >= 0.6 is 34.5 Å². The fraction of sp³-hybridized carbons (Fsp3) is 0.167. The molecular weight excluding hydrogens is 531 g/mol. The molecule has 0 fully saturated rings. The van der Waals surface area contributed by atoms with Crippen LogP contribution in [0.3, 0.4) is 0 Å². The molecule has 0 bridgehead atoms. The molecular formula is C24H20Cl2N2O5S2. The van der Waals surface area contributed by atoms with Crippen molar-refractivity contribution in [2.24, 2.45) is 0 Å². The van der Waals surface area contributed by atoms with Crippen LogP contribution in [0.4, 0.5) is 5.82 Å². The second-order valence-corrected chi connectivity index (χ2v) is 12.2. The van der Waals surface area contributed by atoms with Gasteiger partial charge in [0.2, 0.25) is 0 Å². The van der Waals surface area contributed by atoms with Gasteiger partial charge in [-0.05, 0) is 67.3 Å². The van der Waals surface area contributed by atoms with E-state index in [1.165, 1.54) is 17.4 Å². The first-order valence-electron chi connectivity index (χ1n) is 10.2. The van der Waals surface area contributed by atoms with Gasteiger partial charge in [0, 0.05) is 21.9 Å². The number of nitrogens with one attached hydrogen (secondary N) is 1. The third-order valence-electron chi connectivity index (χ3n) is 5.34. The Morgan fingerprint density at radius 1 is 1.00 bits per heavy atom. The van der Waals surface area contributed by atoms with E-state index >= 15 is 0 Å². The lowest BCUT2D eigenvalue weighted by Gasteiger charge is -2.23. The zero-order valence-electron chi connectivity index (χ0n) is 18.8. The summed E-state index contributed by atoms with van der Waals surface area (Å²) in [7, 11) is -2.68. The van der Waals surface area contributed by atoms with Crippen molar-refractivity contribution in [2.75, 3.05) is 12.4 Å². The van der Waals surface area contributed by atoms with Crippen LogP contribution < -0.4 is 10.1 Å². The average Bonchev–Trinajstić information content (AvgIpc) is 3.24. The van der Waals surface area contributed by atoms with Crippen LogP contribution in [0.25, 0.3) is 10.1 Å². The van der Waals surface area contributed by atoms with Crippen molar-refractivity contribution in [1.29, 1.82) is 0 Å². The van der Waals surface area contributed by atoms with E-state index in [1.807, 2.05) is 0 Å². The summed E-state index contributed by atoms with van der Waals surface area (Å²) < 4.78 is 34.8. The Balaban J connectivity index is 1.57. The number of aromatic nitrogens is 1. The Hall–Kier alpha value is -2.69. The minimum atomic E-state index is -3.82. The average molecular weight is 551 g/mol. The SMILES string of the molecule is COS(=O)(=O)C(C)(C)c1ccc2sc(C(=O)Nc3cc(Oc4ccc(Cl)cc4)cc(Cl)n3)cc2c1. The van der Waals surface area contributed by atoms with Crippen molar-refractivity contribution in [1.82, 2.24) is 4.98 Å². The first-order chi connectivity index (χ1) is 16.5. The molecule has 1 amide bonds. The van der Waals surface area contributed by atoms with Crippen LogP contribution in [0.15, 0.2) is 60.7 Å². The van der Waals surface area contributed by atoms with Crippen molar-refractivity contribution in [2.45, 2.75) is 18.6 Å². The van der Waals surface area contributed by atoms with Crippen LogP contribution in [0.1, 0.15) is 29.1 Å². The van der Waals surface area contributed by atoms with E-state index in [-0.39, 0.29) is 16.9 Å². The Kier molecular flexibility index (Phi) is 7.08. The number of hydrogen-bond acceptors (Lipinski definition) is 7. The molecule has 0 unspecified atom stereocenters. The number of halogens is 2. The molecule has 2 aromatic carbocycles. The van der Waals surface area contributed by atoms with Gasteiger partial charge in [-0.1, -0.05) is 29.3 Å².